The van der Waals surface area contributed by atoms with E-state index in [2.05, 4.69) is 26.8 Å². The average Bonchev–Trinajstić information content (AvgIpc) is 2.73. The number of anilines is 1. The molecule has 0 aliphatic carbocycles. The van der Waals surface area contributed by atoms with E-state index in [1.807, 2.05) is 18.0 Å². The number of methoxy groups -OCH3 is 1. The van der Waals surface area contributed by atoms with Crippen LogP contribution in [0.1, 0.15) is 25.0 Å². The van der Waals surface area contributed by atoms with Gasteiger partial charge in [0.25, 0.3) is 0 Å². The second-order valence-corrected chi connectivity index (χ2v) is 6.93. The summed E-state index contributed by atoms with van der Waals surface area (Å²) in [6, 6.07) is 2.01. The van der Waals surface area contributed by atoms with Crippen molar-refractivity contribution < 1.29 is 9.53 Å². The highest BCUT2D eigenvalue weighted by Gasteiger charge is 2.42. The fourth-order valence-electron chi connectivity index (χ4n) is 3.74. The van der Waals surface area contributed by atoms with Gasteiger partial charge in [-0.1, -0.05) is 0 Å². The van der Waals surface area contributed by atoms with Crippen LogP contribution in [0.3, 0.4) is 0 Å². The number of likely N-dealkylation sites (N-methyl/N-ethyl adjacent to an activating group) is 1. The molecule has 2 saturated heterocycles. The van der Waals surface area contributed by atoms with Crippen LogP contribution in [0.15, 0.2) is 12.4 Å². The van der Waals surface area contributed by atoms with Crippen LogP contribution in [0, 0.1) is 0 Å². The fraction of sp³-hybridized carbons (Fsp3) is 0.706. The third-order valence-corrected chi connectivity index (χ3v) is 5.47. The summed E-state index contributed by atoms with van der Waals surface area (Å²) in [5.41, 5.74) is 0.927. The summed E-state index contributed by atoms with van der Waals surface area (Å²) in [7, 11) is 5.76. The molecule has 7 nitrogen and oxygen atoms in total. The third-order valence-electron chi connectivity index (χ3n) is 5.47. The van der Waals surface area contributed by atoms with Gasteiger partial charge in [-0.2, -0.15) is 0 Å². The minimum absolute atomic E-state index is 0.0328. The number of ether oxygens (including phenoxy) is 1. The van der Waals surface area contributed by atoms with E-state index >= 15 is 0 Å². The lowest BCUT2D eigenvalue weighted by molar-refractivity contribution is -0.129. The van der Waals surface area contributed by atoms with Gasteiger partial charge >= 0.3 is 0 Å². The van der Waals surface area contributed by atoms with Gasteiger partial charge in [0.05, 0.1) is 12.3 Å². The zero-order valence-electron chi connectivity index (χ0n) is 14.9. The molecular weight excluding hydrogens is 306 g/mol. The lowest BCUT2D eigenvalue weighted by Gasteiger charge is -2.49. The summed E-state index contributed by atoms with van der Waals surface area (Å²) in [5.74, 6) is 1.20. The molecule has 3 heterocycles. The molecule has 2 aliphatic rings. The summed E-state index contributed by atoms with van der Waals surface area (Å²) in [6.45, 7) is 4.12. The summed E-state index contributed by atoms with van der Waals surface area (Å²) in [6.07, 6.45) is 4.13. The average molecular weight is 333 g/mol. The van der Waals surface area contributed by atoms with E-state index in [0.717, 1.165) is 50.5 Å². The zero-order valence-corrected chi connectivity index (χ0v) is 14.9. The number of likely N-dealkylation sites (tertiary alicyclic amines) is 1. The molecular formula is C17H27N5O2. The quantitative estimate of drug-likeness (QED) is 0.814. The lowest BCUT2D eigenvalue weighted by Crippen LogP contribution is -2.61. The molecule has 24 heavy (non-hydrogen) atoms. The van der Waals surface area contributed by atoms with E-state index in [-0.39, 0.29) is 11.4 Å². The molecule has 0 N–H and O–H groups in total. The van der Waals surface area contributed by atoms with E-state index in [1.54, 1.807) is 13.4 Å². The molecule has 1 atom stereocenters. The normalized spacial score (nSPS) is 26.0. The molecule has 2 fully saturated rings. The summed E-state index contributed by atoms with van der Waals surface area (Å²) in [5, 5.41) is 0. The number of carbonyl (C=O) groups excluding carboxylic acids is 1. The number of rotatable bonds is 3. The van der Waals surface area contributed by atoms with E-state index in [0.29, 0.717) is 13.0 Å². The van der Waals surface area contributed by atoms with Crippen LogP contribution < -0.4 is 4.90 Å². The second kappa shape index (κ2) is 7.03. The number of hydrogen-bond donors (Lipinski definition) is 0. The van der Waals surface area contributed by atoms with Crippen molar-refractivity contribution in [1.82, 2.24) is 19.8 Å². The number of carbonyl (C=O) groups is 1. The van der Waals surface area contributed by atoms with Crippen LogP contribution >= 0.6 is 0 Å². The van der Waals surface area contributed by atoms with E-state index < -0.39 is 0 Å². The smallest absolute Gasteiger partial charge is 0.222 e. The number of piperazine rings is 1. The first-order valence-corrected chi connectivity index (χ1v) is 8.54. The molecule has 3 rings (SSSR count). The molecule has 7 heteroatoms. The first-order chi connectivity index (χ1) is 11.5. The van der Waals surface area contributed by atoms with Gasteiger partial charge in [-0.25, -0.2) is 9.97 Å². The Hall–Kier alpha value is -1.73. The van der Waals surface area contributed by atoms with Gasteiger partial charge < -0.3 is 14.5 Å². The Morgan fingerprint density at radius 3 is 2.83 bits per heavy atom. The SMILES string of the molecule is COCc1cc(N2CCN(C)[C@]3(CCC(=O)N(C)CC3)C2)ncn1. The maximum absolute atomic E-state index is 12.1. The molecule has 1 spiro atoms. The molecule has 2 aliphatic heterocycles. The highest BCUT2D eigenvalue weighted by atomic mass is 16.5. The topological polar surface area (TPSA) is 61.8 Å². The minimum Gasteiger partial charge on any atom is -0.378 e. The molecule has 0 saturated carbocycles. The lowest BCUT2D eigenvalue weighted by atomic mass is 9.86. The molecule has 0 aromatic carbocycles. The van der Waals surface area contributed by atoms with Crippen molar-refractivity contribution in [3.8, 4) is 0 Å². The van der Waals surface area contributed by atoms with Crippen LogP contribution in [-0.4, -0.2) is 78.6 Å². The first-order valence-electron chi connectivity index (χ1n) is 8.54. The van der Waals surface area contributed by atoms with Crippen LogP contribution in [-0.2, 0) is 16.1 Å². The Morgan fingerprint density at radius 1 is 1.21 bits per heavy atom. The Kier molecular flexibility index (Phi) is 5.01. The molecule has 1 aromatic rings. The minimum atomic E-state index is 0.0328. The maximum atomic E-state index is 12.1. The molecule has 1 amide bonds. The Morgan fingerprint density at radius 2 is 2.04 bits per heavy atom. The molecule has 1 aromatic heterocycles. The van der Waals surface area contributed by atoms with Crippen molar-refractivity contribution in [2.45, 2.75) is 31.4 Å². The third kappa shape index (κ3) is 3.37. The highest BCUT2D eigenvalue weighted by molar-refractivity contribution is 5.76. The highest BCUT2D eigenvalue weighted by Crippen LogP contribution is 2.33. The van der Waals surface area contributed by atoms with Crippen molar-refractivity contribution in [1.29, 1.82) is 0 Å². The molecule has 0 unspecified atom stereocenters. The molecule has 0 bridgehead atoms. The number of hydrogen-bond acceptors (Lipinski definition) is 6. The number of amides is 1. The van der Waals surface area contributed by atoms with Gasteiger partial charge in [-0.3, -0.25) is 9.69 Å². The standard InChI is InChI=1S/C17H27N5O2/c1-20-7-6-17(5-4-16(20)23)12-22(9-8-21(17)2)15-10-14(11-24-3)18-13-19-15/h10,13H,4-9,11-12H2,1-3H3/t17-/m0/s1. The second-order valence-electron chi connectivity index (χ2n) is 6.93. The van der Waals surface area contributed by atoms with Gasteiger partial charge in [0.15, 0.2) is 0 Å². The van der Waals surface area contributed by atoms with E-state index in [1.165, 1.54) is 0 Å². The summed E-state index contributed by atoms with van der Waals surface area (Å²) < 4.78 is 5.18. The first kappa shape index (κ1) is 17.1. The summed E-state index contributed by atoms with van der Waals surface area (Å²) >= 11 is 0. The number of aromatic nitrogens is 2. The van der Waals surface area contributed by atoms with Crippen molar-refractivity contribution in [2.75, 3.05) is 52.3 Å². The van der Waals surface area contributed by atoms with Gasteiger partial charge in [0.1, 0.15) is 12.1 Å². The van der Waals surface area contributed by atoms with Crippen molar-refractivity contribution in [2.24, 2.45) is 0 Å². The van der Waals surface area contributed by atoms with Crippen LogP contribution in [0.5, 0.6) is 0 Å². The Balaban J connectivity index is 1.80. The predicted octanol–water partition coefficient (Wildman–Crippen LogP) is 0.756. The van der Waals surface area contributed by atoms with Gasteiger partial charge in [0.2, 0.25) is 5.91 Å². The zero-order chi connectivity index (χ0) is 17.2. The molecule has 0 radical (unpaired) electrons. The van der Waals surface area contributed by atoms with E-state index in [9.17, 15) is 4.79 Å². The monoisotopic (exact) mass is 333 g/mol. The predicted molar refractivity (Wildman–Crippen MR) is 91.8 cm³/mol. The van der Waals surface area contributed by atoms with Gasteiger partial charge in [-0.15, -0.1) is 0 Å². The number of nitrogens with zero attached hydrogens (tertiary/aromatic N) is 5. The van der Waals surface area contributed by atoms with Crippen molar-refractivity contribution in [3.63, 3.8) is 0 Å². The van der Waals surface area contributed by atoms with Crippen LogP contribution in [0.4, 0.5) is 5.82 Å². The summed E-state index contributed by atoms with van der Waals surface area (Å²) in [4.78, 5) is 27.4. The van der Waals surface area contributed by atoms with Gasteiger partial charge in [-0.05, 0) is 19.9 Å². The van der Waals surface area contributed by atoms with Gasteiger partial charge in [0, 0.05) is 58.4 Å². The van der Waals surface area contributed by atoms with Crippen LogP contribution in [0.2, 0.25) is 0 Å². The van der Waals surface area contributed by atoms with Crippen LogP contribution in [0.25, 0.3) is 0 Å². The molecule has 132 valence electrons. The Labute approximate surface area is 143 Å². The van der Waals surface area contributed by atoms with Crippen molar-refractivity contribution in [3.05, 3.63) is 18.1 Å². The fourth-order valence-corrected chi connectivity index (χ4v) is 3.74. The maximum Gasteiger partial charge on any atom is 0.222 e. The Bertz CT molecular complexity index is 596. The van der Waals surface area contributed by atoms with Crippen molar-refractivity contribution >= 4 is 11.7 Å². The largest absolute Gasteiger partial charge is 0.378 e. The van der Waals surface area contributed by atoms with E-state index in [4.69, 9.17) is 4.74 Å².